The summed E-state index contributed by atoms with van der Waals surface area (Å²) in [6, 6.07) is 3.61. The third-order valence-electron chi connectivity index (χ3n) is 2.50. The third-order valence-corrected chi connectivity index (χ3v) is 2.50. The fourth-order valence-corrected chi connectivity index (χ4v) is 1.36. The van der Waals surface area contributed by atoms with E-state index in [0.29, 0.717) is 18.4 Å². The Morgan fingerprint density at radius 1 is 1.59 bits per heavy atom. The van der Waals surface area contributed by atoms with Gasteiger partial charge in [-0.2, -0.15) is 4.39 Å². The van der Waals surface area contributed by atoms with Gasteiger partial charge in [-0.25, -0.2) is 0 Å². The molecule has 5 nitrogen and oxygen atoms in total. The molecule has 0 aliphatic carbocycles. The molecule has 0 saturated heterocycles. The number of hydrogen-bond donors (Lipinski definition) is 1. The highest BCUT2D eigenvalue weighted by molar-refractivity contribution is 5.69. The molecular weight excluding hydrogens is 229 g/mol. The Labute approximate surface area is 97.0 Å². The summed E-state index contributed by atoms with van der Waals surface area (Å²) in [5, 5.41) is 19.0. The van der Waals surface area contributed by atoms with Crippen LogP contribution >= 0.6 is 0 Å². The van der Waals surface area contributed by atoms with E-state index in [2.05, 4.69) is 0 Å². The van der Waals surface area contributed by atoms with E-state index in [4.69, 9.17) is 5.11 Å². The van der Waals surface area contributed by atoms with E-state index in [1.165, 1.54) is 6.07 Å². The van der Waals surface area contributed by atoms with Crippen molar-refractivity contribution < 1.29 is 19.2 Å². The predicted molar refractivity (Wildman–Crippen MR) is 58.2 cm³/mol. The Kier molecular flexibility index (Phi) is 4.14. The molecule has 1 N–H and O–H groups in total. The molecular formula is C11H12FNO4. The molecule has 0 spiro atoms. The monoisotopic (exact) mass is 241 g/mol. The summed E-state index contributed by atoms with van der Waals surface area (Å²) in [6.07, 6.45) is 0.745. The number of aliphatic carboxylic acids is 1. The molecule has 0 saturated carbocycles. The van der Waals surface area contributed by atoms with Crippen LogP contribution in [0.1, 0.15) is 18.9 Å². The first-order valence-electron chi connectivity index (χ1n) is 5.07. The minimum absolute atomic E-state index is 0.368. The lowest BCUT2D eigenvalue weighted by atomic mass is 10.0. The number of hydrogen-bond acceptors (Lipinski definition) is 3. The van der Waals surface area contributed by atoms with Crippen molar-refractivity contribution in [1.82, 2.24) is 0 Å². The van der Waals surface area contributed by atoms with E-state index >= 15 is 0 Å². The first-order chi connectivity index (χ1) is 7.91. The van der Waals surface area contributed by atoms with Gasteiger partial charge in [-0.3, -0.25) is 14.9 Å². The van der Waals surface area contributed by atoms with E-state index in [0.717, 1.165) is 12.1 Å². The van der Waals surface area contributed by atoms with E-state index < -0.39 is 28.3 Å². The number of rotatable bonds is 5. The number of carboxylic acid groups (broad SMARTS) is 1. The highest BCUT2D eigenvalue weighted by Crippen LogP contribution is 2.19. The molecule has 6 heteroatoms. The molecule has 0 aliphatic rings. The maximum absolute atomic E-state index is 13.2. The lowest BCUT2D eigenvalue weighted by Gasteiger charge is -2.05. The molecule has 1 atom stereocenters. The van der Waals surface area contributed by atoms with Crippen LogP contribution in [-0.2, 0) is 11.2 Å². The van der Waals surface area contributed by atoms with Crippen molar-refractivity contribution in [2.75, 3.05) is 0 Å². The second-order valence-electron chi connectivity index (χ2n) is 3.82. The average molecular weight is 241 g/mol. The Balaban J connectivity index is 2.71. The largest absolute Gasteiger partial charge is 0.481 e. The SMILES string of the molecule is CC(CCc1ccc([N+](=O)[O-])c(F)c1)C(=O)O. The van der Waals surface area contributed by atoms with Gasteiger partial charge in [0, 0.05) is 6.07 Å². The van der Waals surface area contributed by atoms with Crippen molar-refractivity contribution in [1.29, 1.82) is 0 Å². The Morgan fingerprint density at radius 3 is 2.71 bits per heavy atom. The zero-order valence-electron chi connectivity index (χ0n) is 9.22. The first kappa shape index (κ1) is 13.1. The zero-order valence-corrected chi connectivity index (χ0v) is 9.22. The molecule has 0 amide bonds. The van der Waals surface area contributed by atoms with Gasteiger partial charge in [-0.15, -0.1) is 0 Å². The highest BCUT2D eigenvalue weighted by Gasteiger charge is 2.15. The molecule has 0 aromatic heterocycles. The summed E-state index contributed by atoms with van der Waals surface area (Å²) >= 11 is 0. The van der Waals surface area contributed by atoms with Crippen molar-refractivity contribution in [3.05, 3.63) is 39.7 Å². The quantitative estimate of drug-likeness (QED) is 0.634. The van der Waals surface area contributed by atoms with Gasteiger partial charge < -0.3 is 5.11 Å². The lowest BCUT2D eigenvalue weighted by molar-refractivity contribution is -0.387. The standard InChI is InChI=1S/C11H12FNO4/c1-7(11(14)15)2-3-8-4-5-10(13(16)17)9(12)6-8/h4-7H,2-3H2,1H3,(H,14,15). The molecule has 1 rings (SSSR count). The van der Waals surface area contributed by atoms with Crippen molar-refractivity contribution in [2.45, 2.75) is 19.8 Å². The van der Waals surface area contributed by atoms with Crippen LogP contribution in [0.4, 0.5) is 10.1 Å². The smallest absolute Gasteiger partial charge is 0.306 e. The summed E-state index contributed by atoms with van der Waals surface area (Å²) in [7, 11) is 0. The molecule has 1 aromatic carbocycles. The van der Waals surface area contributed by atoms with Crippen molar-refractivity contribution in [3.8, 4) is 0 Å². The van der Waals surface area contributed by atoms with Gasteiger partial charge in [-0.1, -0.05) is 13.0 Å². The highest BCUT2D eigenvalue weighted by atomic mass is 19.1. The fourth-order valence-electron chi connectivity index (χ4n) is 1.36. The van der Waals surface area contributed by atoms with Crippen molar-refractivity contribution in [2.24, 2.45) is 5.92 Å². The molecule has 1 unspecified atom stereocenters. The van der Waals surface area contributed by atoms with Gasteiger partial charge in [0.25, 0.3) is 0 Å². The summed E-state index contributed by atoms with van der Waals surface area (Å²) in [5.41, 5.74) is -0.0127. The van der Waals surface area contributed by atoms with Crippen LogP contribution in [0.5, 0.6) is 0 Å². The molecule has 17 heavy (non-hydrogen) atoms. The van der Waals surface area contributed by atoms with Crippen LogP contribution in [-0.4, -0.2) is 16.0 Å². The van der Waals surface area contributed by atoms with Crippen LogP contribution in [0.25, 0.3) is 0 Å². The van der Waals surface area contributed by atoms with Gasteiger partial charge >= 0.3 is 11.7 Å². The number of nitro groups is 1. The number of carbonyl (C=O) groups is 1. The van der Waals surface area contributed by atoms with Crippen LogP contribution in [0.3, 0.4) is 0 Å². The number of carboxylic acids is 1. The predicted octanol–water partition coefficient (Wildman–Crippen LogP) is 2.39. The molecule has 0 bridgehead atoms. The van der Waals surface area contributed by atoms with Gasteiger partial charge in [0.15, 0.2) is 0 Å². The maximum atomic E-state index is 13.2. The number of halogens is 1. The lowest BCUT2D eigenvalue weighted by Crippen LogP contribution is -2.10. The Morgan fingerprint density at radius 2 is 2.24 bits per heavy atom. The topological polar surface area (TPSA) is 80.4 Å². The second-order valence-corrected chi connectivity index (χ2v) is 3.82. The molecule has 0 aliphatic heterocycles. The number of aryl methyl sites for hydroxylation is 1. The number of nitro benzene ring substituents is 1. The van der Waals surface area contributed by atoms with Crippen LogP contribution in [0.15, 0.2) is 18.2 Å². The molecule has 0 fully saturated rings. The Hall–Kier alpha value is -1.98. The molecule has 0 radical (unpaired) electrons. The summed E-state index contributed by atoms with van der Waals surface area (Å²) in [5.74, 6) is -2.32. The zero-order chi connectivity index (χ0) is 13.0. The van der Waals surface area contributed by atoms with Crippen LogP contribution in [0, 0.1) is 21.8 Å². The van der Waals surface area contributed by atoms with E-state index in [9.17, 15) is 19.3 Å². The van der Waals surface area contributed by atoms with E-state index in [1.807, 2.05) is 0 Å². The number of benzene rings is 1. The van der Waals surface area contributed by atoms with Gasteiger partial charge in [0.05, 0.1) is 10.8 Å². The third kappa shape index (κ3) is 3.51. The van der Waals surface area contributed by atoms with Crippen molar-refractivity contribution in [3.63, 3.8) is 0 Å². The normalized spacial score (nSPS) is 12.1. The Bertz CT molecular complexity index is 447. The minimum Gasteiger partial charge on any atom is -0.481 e. The second kappa shape index (κ2) is 5.38. The van der Waals surface area contributed by atoms with E-state index in [1.54, 1.807) is 6.92 Å². The van der Waals surface area contributed by atoms with Gasteiger partial charge in [-0.05, 0) is 24.5 Å². The van der Waals surface area contributed by atoms with Crippen LogP contribution in [0.2, 0.25) is 0 Å². The van der Waals surface area contributed by atoms with Crippen molar-refractivity contribution >= 4 is 11.7 Å². The van der Waals surface area contributed by atoms with Crippen LogP contribution < -0.4 is 0 Å². The summed E-state index contributed by atoms with van der Waals surface area (Å²) in [4.78, 5) is 20.2. The van der Waals surface area contributed by atoms with Gasteiger partial charge in [0.2, 0.25) is 5.82 Å². The minimum atomic E-state index is -0.910. The van der Waals surface area contributed by atoms with Gasteiger partial charge in [0.1, 0.15) is 0 Å². The maximum Gasteiger partial charge on any atom is 0.306 e. The molecule has 92 valence electrons. The first-order valence-corrected chi connectivity index (χ1v) is 5.07. The summed E-state index contributed by atoms with van der Waals surface area (Å²) < 4.78 is 13.2. The van der Waals surface area contributed by atoms with E-state index in [-0.39, 0.29) is 0 Å². The average Bonchev–Trinajstić information content (AvgIpc) is 2.25. The number of nitrogens with zero attached hydrogens (tertiary/aromatic N) is 1. The fraction of sp³-hybridized carbons (Fsp3) is 0.364. The molecule has 1 aromatic rings. The summed E-state index contributed by atoms with van der Waals surface area (Å²) in [6.45, 7) is 1.56. The molecule has 0 heterocycles.